The highest BCUT2D eigenvalue weighted by Gasteiger charge is 2.09. The zero-order chi connectivity index (χ0) is 11.7. The molecule has 0 radical (unpaired) electrons. The Kier molecular flexibility index (Phi) is 2.69. The van der Waals surface area contributed by atoms with Gasteiger partial charge in [0.15, 0.2) is 0 Å². The van der Waals surface area contributed by atoms with Crippen LogP contribution in [0.5, 0.6) is 0 Å². The first-order valence-corrected chi connectivity index (χ1v) is 5.52. The van der Waals surface area contributed by atoms with E-state index < -0.39 is 0 Å². The van der Waals surface area contributed by atoms with Crippen molar-refractivity contribution in [3.63, 3.8) is 0 Å². The lowest BCUT2D eigenvalue weighted by molar-refractivity contribution is 0.640. The molecule has 0 bridgehead atoms. The molecule has 0 unspecified atom stereocenters. The van der Waals surface area contributed by atoms with Crippen LogP contribution in [0.1, 0.15) is 18.2 Å². The van der Waals surface area contributed by atoms with Gasteiger partial charge in [-0.2, -0.15) is 5.10 Å². The fraction of sp³-hybridized carbons (Fsp3) is 0.308. The van der Waals surface area contributed by atoms with Crippen LogP contribution in [0.3, 0.4) is 0 Å². The average molecular weight is 215 g/mol. The van der Waals surface area contributed by atoms with Crippen LogP contribution in [-0.4, -0.2) is 9.78 Å². The predicted molar refractivity (Wildman–Crippen MR) is 67.2 cm³/mol. The second-order valence-electron chi connectivity index (χ2n) is 4.03. The molecule has 2 aromatic rings. The van der Waals surface area contributed by atoms with E-state index in [0.29, 0.717) is 0 Å². The molecule has 0 atom stereocenters. The summed E-state index contributed by atoms with van der Waals surface area (Å²) in [6.45, 7) is 7.18. The second kappa shape index (κ2) is 4.00. The van der Waals surface area contributed by atoms with Crippen molar-refractivity contribution in [2.75, 3.05) is 5.73 Å². The van der Waals surface area contributed by atoms with E-state index in [0.717, 1.165) is 12.2 Å². The first kappa shape index (κ1) is 10.7. The zero-order valence-corrected chi connectivity index (χ0v) is 9.99. The van der Waals surface area contributed by atoms with Crippen molar-refractivity contribution in [2.45, 2.75) is 27.3 Å². The van der Waals surface area contributed by atoms with Gasteiger partial charge in [0.2, 0.25) is 0 Å². The van der Waals surface area contributed by atoms with Gasteiger partial charge in [0, 0.05) is 23.5 Å². The number of rotatable bonds is 2. The van der Waals surface area contributed by atoms with Crippen LogP contribution < -0.4 is 5.73 Å². The number of aryl methyl sites for hydroxylation is 2. The summed E-state index contributed by atoms with van der Waals surface area (Å²) in [6, 6.07) is 6.00. The van der Waals surface area contributed by atoms with Crippen molar-refractivity contribution >= 4 is 5.69 Å². The lowest BCUT2D eigenvalue weighted by Crippen LogP contribution is -1.98. The van der Waals surface area contributed by atoms with E-state index in [4.69, 9.17) is 5.73 Å². The molecule has 1 aromatic heterocycles. The van der Waals surface area contributed by atoms with E-state index in [1.807, 2.05) is 23.0 Å². The molecule has 1 heterocycles. The Bertz CT molecular complexity index is 512. The third-order valence-corrected chi connectivity index (χ3v) is 2.94. The van der Waals surface area contributed by atoms with Gasteiger partial charge >= 0.3 is 0 Å². The van der Waals surface area contributed by atoms with E-state index in [-0.39, 0.29) is 0 Å². The van der Waals surface area contributed by atoms with Gasteiger partial charge in [-0.05, 0) is 44.0 Å². The van der Waals surface area contributed by atoms with Crippen LogP contribution in [0.15, 0.2) is 24.4 Å². The minimum Gasteiger partial charge on any atom is -0.399 e. The van der Waals surface area contributed by atoms with Crippen molar-refractivity contribution < 1.29 is 0 Å². The maximum Gasteiger partial charge on any atom is 0.0571 e. The molecule has 3 nitrogen and oxygen atoms in total. The third kappa shape index (κ3) is 1.69. The molecule has 0 spiro atoms. The quantitative estimate of drug-likeness (QED) is 0.783. The molecular weight excluding hydrogens is 198 g/mol. The molecule has 0 aliphatic rings. The number of nitrogen functional groups attached to an aromatic ring is 1. The SMILES string of the molecule is CCn1ncc(-c2ccc(N)cc2C)c1C. The molecule has 1 aromatic carbocycles. The lowest BCUT2D eigenvalue weighted by Gasteiger charge is -2.07. The molecule has 0 saturated carbocycles. The van der Waals surface area contributed by atoms with Gasteiger partial charge in [0.05, 0.1) is 6.20 Å². The summed E-state index contributed by atoms with van der Waals surface area (Å²) in [5, 5.41) is 4.36. The third-order valence-electron chi connectivity index (χ3n) is 2.94. The van der Waals surface area contributed by atoms with E-state index in [1.165, 1.54) is 22.4 Å². The molecule has 0 amide bonds. The van der Waals surface area contributed by atoms with Crippen LogP contribution in [-0.2, 0) is 6.54 Å². The largest absolute Gasteiger partial charge is 0.399 e. The molecule has 0 fully saturated rings. The Morgan fingerprint density at radius 1 is 1.25 bits per heavy atom. The molecule has 0 saturated heterocycles. The first-order chi connectivity index (χ1) is 7.63. The van der Waals surface area contributed by atoms with Crippen LogP contribution in [0, 0.1) is 13.8 Å². The number of anilines is 1. The van der Waals surface area contributed by atoms with Crippen molar-refractivity contribution in [1.82, 2.24) is 9.78 Å². The van der Waals surface area contributed by atoms with E-state index >= 15 is 0 Å². The number of nitrogens with zero attached hydrogens (tertiary/aromatic N) is 2. The number of nitrogens with two attached hydrogens (primary N) is 1. The Morgan fingerprint density at radius 2 is 2.00 bits per heavy atom. The number of hydrogen-bond donors (Lipinski definition) is 1. The minimum absolute atomic E-state index is 0.807. The van der Waals surface area contributed by atoms with Crippen LogP contribution in [0.25, 0.3) is 11.1 Å². The van der Waals surface area contributed by atoms with Crippen LogP contribution in [0.2, 0.25) is 0 Å². The molecule has 16 heavy (non-hydrogen) atoms. The standard InChI is InChI=1S/C13H17N3/c1-4-16-10(3)13(8-15-16)12-6-5-11(14)7-9(12)2/h5-8H,4,14H2,1-3H3. The monoisotopic (exact) mass is 215 g/mol. The van der Waals surface area contributed by atoms with Crippen molar-refractivity contribution in [3.05, 3.63) is 35.7 Å². The summed E-state index contributed by atoms with van der Waals surface area (Å²) >= 11 is 0. The summed E-state index contributed by atoms with van der Waals surface area (Å²) in [4.78, 5) is 0. The topological polar surface area (TPSA) is 43.8 Å². The van der Waals surface area contributed by atoms with E-state index in [1.54, 1.807) is 0 Å². The van der Waals surface area contributed by atoms with E-state index in [9.17, 15) is 0 Å². The highest BCUT2D eigenvalue weighted by molar-refractivity contribution is 5.70. The summed E-state index contributed by atoms with van der Waals surface area (Å²) in [6.07, 6.45) is 1.93. The van der Waals surface area contributed by atoms with Gasteiger partial charge in [0.25, 0.3) is 0 Å². The fourth-order valence-electron chi connectivity index (χ4n) is 2.02. The zero-order valence-electron chi connectivity index (χ0n) is 9.99. The number of benzene rings is 1. The Labute approximate surface area is 95.9 Å². The Hall–Kier alpha value is -1.77. The normalized spacial score (nSPS) is 10.7. The van der Waals surface area contributed by atoms with Gasteiger partial charge in [-0.1, -0.05) is 6.07 Å². The minimum atomic E-state index is 0.807. The molecule has 0 aliphatic heterocycles. The number of aromatic nitrogens is 2. The van der Waals surface area contributed by atoms with Gasteiger partial charge in [-0.3, -0.25) is 4.68 Å². The highest BCUT2D eigenvalue weighted by Crippen LogP contribution is 2.27. The van der Waals surface area contributed by atoms with Crippen molar-refractivity contribution in [1.29, 1.82) is 0 Å². The fourth-order valence-corrected chi connectivity index (χ4v) is 2.02. The molecule has 2 rings (SSSR count). The lowest BCUT2D eigenvalue weighted by atomic mass is 10.0. The predicted octanol–water partition coefficient (Wildman–Crippen LogP) is 2.77. The molecule has 2 N–H and O–H groups in total. The van der Waals surface area contributed by atoms with Gasteiger partial charge in [0.1, 0.15) is 0 Å². The summed E-state index contributed by atoms with van der Waals surface area (Å²) in [7, 11) is 0. The molecule has 0 aliphatic carbocycles. The number of hydrogen-bond acceptors (Lipinski definition) is 2. The van der Waals surface area contributed by atoms with Crippen LogP contribution >= 0.6 is 0 Å². The van der Waals surface area contributed by atoms with Crippen molar-refractivity contribution in [3.8, 4) is 11.1 Å². The first-order valence-electron chi connectivity index (χ1n) is 5.52. The summed E-state index contributed by atoms with van der Waals surface area (Å²) in [5.41, 5.74) is 11.4. The Balaban J connectivity index is 2.54. The Morgan fingerprint density at radius 3 is 2.56 bits per heavy atom. The molecule has 84 valence electrons. The van der Waals surface area contributed by atoms with Gasteiger partial charge in [-0.25, -0.2) is 0 Å². The molecular formula is C13H17N3. The smallest absolute Gasteiger partial charge is 0.0571 e. The van der Waals surface area contributed by atoms with Crippen LogP contribution in [0.4, 0.5) is 5.69 Å². The average Bonchev–Trinajstić information content (AvgIpc) is 2.60. The van der Waals surface area contributed by atoms with Crippen molar-refractivity contribution in [2.24, 2.45) is 0 Å². The highest BCUT2D eigenvalue weighted by atomic mass is 15.3. The summed E-state index contributed by atoms with van der Waals surface area (Å²) < 4.78 is 2.01. The summed E-state index contributed by atoms with van der Waals surface area (Å²) in [5.74, 6) is 0. The van der Waals surface area contributed by atoms with Gasteiger partial charge < -0.3 is 5.73 Å². The van der Waals surface area contributed by atoms with E-state index in [2.05, 4.69) is 31.9 Å². The maximum atomic E-state index is 5.75. The second-order valence-corrected chi connectivity index (χ2v) is 4.03. The molecule has 3 heteroatoms. The van der Waals surface area contributed by atoms with Gasteiger partial charge in [-0.15, -0.1) is 0 Å². The maximum absolute atomic E-state index is 5.75.